The van der Waals surface area contributed by atoms with Crippen LogP contribution in [0.15, 0.2) is 6.33 Å². The van der Waals surface area contributed by atoms with Crippen LogP contribution in [0.4, 0.5) is 4.79 Å². The molecular weight excluding hydrogens is 262 g/mol. The average molecular weight is 281 g/mol. The summed E-state index contributed by atoms with van der Waals surface area (Å²) in [4.78, 5) is 26.9. The Morgan fingerprint density at radius 1 is 1.50 bits per heavy atom. The average Bonchev–Trinajstić information content (AvgIpc) is 2.98. The first-order valence-corrected chi connectivity index (χ1v) is 6.66. The number of aliphatic carboxylic acids is 1. The highest BCUT2D eigenvalue weighted by Gasteiger charge is 2.37. The zero-order valence-corrected chi connectivity index (χ0v) is 11.3. The van der Waals surface area contributed by atoms with E-state index in [0.717, 1.165) is 12.8 Å². The van der Waals surface area contributed by atoms with Gasteiger partial charge >= 0.3 is 12.0 Å². The van der Waals surface area contributed by atoms with Crippen LogP contribution in [0.5, 0.6) is 0 Å². The molecule has 0 aromatic carbocycles. The molecule has 2 rings (SSSR count). The zero-order valence-electron chi connectivity index (χ0n) is 11.3. The van der Waals surface area contributed by atoms with Gasteiger partial charge in [0.1, 0.15) is 12.2 Å². The predicted molar refractivity (Wildman–Crippen MR) is 69.9 cm³/mol. The van der Waals surface area contributed by atoms with Crippen LogP contribution >= 0.6 is 0 Å². The number of carbonyl (C=O) groups is 2. The van der Waals surface area contributed by atoms with Crippen molar-refractivity contribution in [2.24, 2.45) is 0 Å². The van der Waals surface area contributed by atoms with E-state index < -0.39 is 11.5 Å². The normalized spacial score (nSPS) is 18.4. The van der Waals surface area contributed by atoms with Crippen LogP contribution in [0.3, 0.4) is 0 Å². The Kier molecular flexibility index (Phi) is 4.21. The van der Waals surface area contributed by atoms with E-state index in [9.17, 15) is 9.59 Å². The van der Waals surface area contributed by atoms with Gasteiger partial charge in [-0.05, 0) is 19.8 Å². The van der Waals surface area contributed by atoms with Crippen molar-refractivity contribution in [1.82, 2.24) is 25.8 Å². The van der Waals surface area contributed by atoms with Gasteiger partial charge in [-0.2, -0.15) is 5.10 Å². The standard InChI is InChI=1S/C12H19N5O3/c1-8(10-13-7-14-17-10)15-11(20)16-12(6-9(18)19)4-2-3-5-12/h7-8H,2-6H2,1H3,(H,18,19)(H,13,14,17)(H2,15,16,20). The van der Waals surface area contributed by atoms with Crippen molar-refractivity contribution < 1.29 is 14.7 Å². The number of urea groups is 1. The second-order valence-corrected chi connectivity index (χ2v) is 5.25. The maximum atomic E-state index is 12.0. The van der Waals surface area contributed by atoms with Crippen LogP contribution in [-0.4, -0.2) is 37.8 Å². The van der Waals surface area contributed by atoms with Crippen molar-refractivity contribution in [2.45, 2.75) is 50.6 Å². The summed E-state index contributed by atoms with van der Waals surface area (Å²) in [6.07, 6.45) is 4.59. The number of hydrogen-bond donors (Lipinski definition) is 4. The van der Waals surface area contributed by atoms with Crippen molar-refractivity contribution in [2.75, 3.05) is 0 Å². The van der Waals surface area contributed by atoms with Gasteiger partial charge in [-0.15, -0.1) is 0 Å². The first kappa shape index (κ1) is 14.3. The van der Waals surface area contributed by atoms with Gasteiger partial charge in [-0.3, -0.25) is 9.89 Å². The molecule has 1 aromatic heterocycles. The molecule has 1 aromatic rings. The van der Waals surface area contributed by atoms with Crippen LogP contribution < -0.4 is 10.6 Å². The Bertz CT molecular complexity index is 467. The summed E-state index contributed by atoms with van der Waals surface area (Å²) in [5.74, 6) is -0.339. The van der Waals surface area contributed by atoms with Crippen LogP contribution in [0.25, 0.3) is 0 Å². The van der Waals surface area contributed by atoms with Gasteiger partial charge in [0, 0.05) is 0 Å². The van der Waals surface area contributed by atoms with E-state index in [1.165, 1.54) is 6.33 Å². The molecule has 0 aliphatic heterocycles. The molecule has 1 heterocycles. The number of aromatic nitrogens is 3. The second kappa shape index (κ2) is 5.89. The van der Waals surface area contributed by atoms with Gasteiger partial charge in [0.2, 0.25) is 0 Å². The number of nitrogens with zero attached hydrogens (tertiary/aromatic N) is 2. The molecule has 4 N–H and O–H groups in total. The van der Waals surface area contributed by atoms with Crippen LogP contribution in [0.2, 0.25) is 0 Å². The number of carboxylic acid groups (broad SMARTS) is 1. The van der Waals surface area contributed by atoms with Crippen molar-refractivity contribution in [3.63, 3.8) is 0 Å². The first-order valence-electron chi connectivity index (χ1n) is 6.66. The number of rotatable bonds is 5. The van der Waals surface area contributed by atoms with Gasteiger partial charge in [0.25, 0.3) is 0 Å². The van der Waals surface area contributed by atoms with E-state index in [2.05, 4.69) is 25.8 Å². The van der Waals surface area contributed by atoms with Crippen molar-refractivity contribution in [1.29, 1.82) is 0 Å². The molecule has 20 heavy (non-hydrogen) atoms. The fourth-order valence-electron chi connectivity index (χ4n) is 2.65. The lowest BCUT2D eigenvalue weighted by Gasteiger charge is -2.29. The van der Waals surface area contributed by atoms with E-state index in [0.29, 0.717) is 18.7 Å². The SMILES string of the molecule is CC(NC(=O)NC1(CC(=O)O)CCCC1)c1ncn[nH]1. The number of H-pyrrole nitrogens is 1. The van der Waals surface area contributed by atoms with E-state index in [-0.39, 0.29) is 18.5 Å². The van der Waals surface area contributed by atoms with Gasteiger partial charge in [-0.1, -0.05) is 12.8 Å². The minimum atomic E-state index is -0.893. The summed E-state index contributed by atoms with van der Waals surface area (Å²) < 4.78 is 0. The third kappa shape index (κ3) is 3.46. The molecular formula is C12H19N5O3. The molecule has 8 nitrogen and oxygen atoms in total. The molecule has 1 unspecified atom stereocenters. The third-order valence-corrected chi connectivity index (χ3v) is 3.62. The maximum Gasteiger partial charge on any atom is 0.315 e. The molecule has 1 atom stereocenters. The van der Waals surface area contributed by atoms with E-state index in [4.69, 9.17) is 5.11 Å². The summed E-state index contributed by atoms with van der Waals surface area (Å²) in [7, 11) is 0. The molecule has 8 heteroatoms. The van der Waals surface area contributed by atoms with Gasteiger partial charge in [0.15, 0.2) is 0 Å². The quantitative estimate of drug-likeness (QED) is 0.640. The molecule has 2 amide bonds. The Morgan fingerprint density at radius 2 is 2.20 bits per heavy atom. The Labute approximate surface area is 116 Å². The molecule has 0 spiro atoms. The fraction of sp³-hybridized carbons (Fsp3) is 0.667. The molecule has 0 bridgehead atoms. The highest BCUT2D eigenvalue weighted by Crippen LogP contribution is 2.32. The summed E-state index contributed by atoms with van der Waals surface area (Å²) >= 11 is 0. The van der Waals surface area contributed by atoms with Crippen LogP contribution in [0.1, 0.15) is 50.9 Å². The molecule has 1 fully saturated rings. The number of hydrogen-bond acceptors (Lipinski definition) is 4. The van der Waals surface area contributed by atoms with Crippen molar-refractivity contribution in [3.05, 3.63) is 12.2 Å². The van der Waals surface area contributed by atoms with Crippen LogP contribution in [0, 0.1) is 0 Å². The molecule has 1 aliphatic carbocycles. The lowest BCUT2D eigenvalue weighted by Crippen LogP contribution is -2.52. The highest BCUT2D eigenvalue weighted by molar-refractivity contribution is 5.77. The Morgan fingerprint density at radius 3 is 2.75 bits per heavy atom. The summed E-state index contributed by atoms with van der Waals surface area (Å²) in [5, 5.41) is 20.9. The smallest absolute Gasteiger partial charge is 0.315 e. The van der Waals surface area contributed by atoms with Crippen LogP contribution in [-0.2, 0) is 4.79 Å². The second-order valence-electron chi connectivity index (χ2n) is 5.25. The molecule has 1 saturated carbocycles. The van der Waals surface area contributed by atoms with Gasteiger partial charge in [-0.25, -0.2) is 9.78 Å². The number of carboxylic acids is 1. The molecule has 110 valence electrons. The lowest BCUT2D eigenvalue weighted by atomic mass is 9.93. The topological polar surface area (TPSA) is 120 Å². The minimum Gasteiger partial charge on any atom is -0.481 e. The minimum absolute atomic E-state index is 0.0445. The maximum absolute atomic E-state index is 12.0. The monoisotopic (exact) mass is 281 g/mol. The number of amides is 2. The largest absolute Gasteiger partial charge is 0.481 e. The molecule has 0 saturated heterocycles. The fourth-order valence-corrected chi connectivity index (χ4v) is 2.65. The summed E-state index contributed by atoms with van der Waals surface area (Å²) in [6.45, 7) is 1.78. The summed E-state index contributed by atoms with van der Waals surface area (Å²) in [6, 6.07) is -0.696. The summed E-state index contributed by atoms with van der Waals surface area (Å²) in [5.41, 5.74) is -0.628. The van der Waals surface area contributed by atoms with Gasteiger partial charge < -0.3 is 15.7 Å². The number of nitrogens with one attached hydrogen (secondary N) is 3. The van der Waals surface area contributed by atoms with Gasteiger partial charge in [0.05, 0.1) is 18.0 Å². The van der Waals surface area contributed by atoms with E-state index >= 15 is 0 Å². The molecule has 1 aliphatic rings. The lowest BCUT2D eigenvalue weighted by molar-refractivity contribution is -0.138. The Balaban J connectivity index is 1.93. The van der Waals surface area contributed by atoms with E-state index in [1.807, 2.05) is 0 Å². The first-order chi connectivity index (χ1) is 9.51. The predicted octanol–water partition coefficient (Wildman–Crippen LogP) is 0.952. The third-order valence-electron chi connectivity index (χ3n) is 3.62. The van der Waals surface area contributed by atoms with E-state index in [1.54, 1.807) is 6.92 Å². The van der Waals surface area contributed by atoms with Crippen molar-refractivity contribution in [3.8, 4) is 0 Å². The molecule has 0 radical (unpaired) electrons. The number of carbonyl (C=O) groups excluding carboxylic acids is 1. The zero-order chi connectivity index (χ0) is 14.6. The Hall–Kier alpha value is -2.12. The highest BCUT2D eigenvalue weighted by atomic mass is 16.4. The number of aromatic amines is 1. The van der Waals surface area contributed by atoms with Crippen molar-refractivity contribution >= 4 is 12.0 Å².